The van der Waals surface area contributed by atoms with E-state index in [-0.39, 0.29) is 31.2 Å². The number of nitrogens with zero attached hydrogens (tertiary/aromatic N) is 1. The molecule has 232 valence electrons. The van der Waals surface area contributed by atoms with E-state index in [1.807, 2.05) is 6.07 Å². The highest BCUT2D eigenvalue weighted by atomic mass is 19.1. The number of rotatable bonds is 18. The fourth-order valence-corrected chi connectivity index (χ4v) is 4.52. The van der Waals surface area contributed by atoms with Gasteiger partial charge in [-0.05, 0) is 49.2 Å². The highest BCUT2D eigenvalue weighted by Crippen LogP contribution is 2.29. The van der Waals surface area contributed by atoms with Gasteiger partial charge < -0.3 is 23.8 Å². The predicted octanol–water partition coefficient (Wildman–Crippen LogP) is 7.15. The molecule has 0 aliphatic rings. The third kappa shape index (κ3) is 10.6. The molecule has 0 unspecified atom stereocenters. The standard InChI is InChI=1S/C34H41F2NO6/c1-4-6-7-8-11-19-37(23-26-15-16-27(35)22-29(26)36)33(38)24-43-31-17-14-25(21-32(31)40-3)18-20-42-30-13-10-9-12-28(30)34(39)41-5-2/h9-10,12-17,21-22H,4-8,11,18-20,23-24H2,1-3H3. The number of ether oxygens (including phenoxy) is 4. The van der Waals surface area contributed by atoms with Gasteiger partial charge in [0.2, 0.25) is 0 Å². The SMILES string of the molecule is CCCCCCCN(Cc1ccc(F)cc1F)C(=O)COc1ccc(CCOc2ccccc2C(=O)OCC)cc1OC. The predicted molar refractivity (Wildman–Crippen MR) is 161 cm³/mol. The van der Waals surface area contributed by atoms with Crippen LogP contribution in [0.2, 0.25) is 0 Å². The van der Waals surface area contributed by atoms with Crippen molar-refractivity contribution in [2.45, 2.75) is 58.9 Å². The van der Waals surface area contributed by atoms with Gasteiger partial charge in [-0.1, -0.05) is 56.9 Å². The molecule has 0 bridgehead atoms. The minimum absolute atomic E-state index is 0.0253. The number of unbranched alkanes of at least 4 members (excludes halogenated alkanes) is 4. The quantitative estimate of drug-likeness (QED) is 0.115. The van der Waals surface area contributed by atoms with Gasteiger partial charge in [0.15, 0.2) is 18.1 Å². The van der Waals surface area contributed by atoms with E-state index in [0.717, 1.165) is 43.7 Å². The summed E-state index contributed by atoms with van der Waals surface area (Å²) in [6, 6.07) is 15.7. The van der Waals surface area contributed by atoms with E-state index in [9.17, 15) is 18.4 Å². The molecule has 0 N–H and O–H groups in total. The average Bonchev–Trinajstić information content (AvgIpc) is 3.00. The van der Waals surface area contributed by atoms with E-state index >= 15 is 0 Å². The summed E-state index contributed by atoms with van der Waals surface area (Å²) in [6.07, 6.45) is 5.55. The first-order chi connectivity index (χ1) is 20.9. The van der Waals surface area contributed by atoms with Crippen LogP contribution in [0.5, 0.6) is 17.2 Å². The van der Waals surface area contributed by atoms with Gasteiger partial charge in [0, 0.05) is 31.1 Å². The fourth-order valence-electron chi connectivity index (χ4n) is 4.52. The van der Waals surface area contributed by atoms with Crippen LogP contribution in [0.4, 0.5) is 8.78 Å². The van der Waals surface area contributed by atoms with Crippen molar-refractivity contribution in [3.05, 3.63) is 89.0 Å². The van der Waals surface area contributed by atoms with E-state index < -0.39 is 17.6 Å². The molecule has 0 saturated carbocycles. The Kier molecular flexibility index (Phi) is 13.8. The molecule has 0 spiro atoms. The van der Waals surface area contributed by atoms with E-state index in [0.29, 0.717) is 42.4 Å². The Morgan fingerprint density at radius 2 is 1.63 bits per heavy atom. The third-order valence-corrected chi connectivity index (χ3v) is 6.87. The molecule has 0 aliphatic heterocycles. The van der Waals surface area contributed by atoms with Crippen LogP contribution in [0.25, 0.3) is 0 Å². The number of hydrogen-bond donors (Lipinski definition) is 0. The second kappa shape index (κ2) is 17.7. The van der Waals surface area contributed by atoms with Crippen molar-refractivity contribution in [3.63, 3.8) is 0 Å². The minimum Gasteiger partial charge on any atom is -0.493 e. The summed E-state index contributed by atoms with van der Waals surface area (Å²) >= 11 is 0. The number of amides is 1. The lowest BCUT2D eigenvalue weighted by Gasteiger charge is -2.23. The first-order valence-electron chi connectivity index (χ1n) is 14.8. The number of methoxy groups -OCH3 is 1. The van der Waals surface area contributed by atoms with Gasteiger partial charge in [-0.3, -0.25) is 4.79 Å². The number of esters is 1. The van der Waals surface area contributed by atoms with E-state index in [2.05, 4.69) is 6.92 Å². The van der Waals surface area contributed by atoms with Crippen LogP contribution in [0.15, 0.2) is 60.7 Å². The number of halogens is 2. The summed E-state index contributed by atoms with van der Waals surface area (Å²) in [5, 5.41) is 0. The zero-order chi connectivity index (χ0) is 31.0. The van der Waals surface area contributed by atoms with Crippen LogP contribution in [0, 0.1) is 11.6 Å². The average molecular weight is 598 g/mol. The molecule has 0 aromatic heterocycles. The van der Waals surface area contributed by atoms with Gasteiger partial charge >= 0.3 is 5.97 Å². The van der Waals surface area contributed by atoms with Crippen LogP contribution < -0.4 is 14.2 Å². The van der Waals surface area contributed by atoms with Gasteiger partial charge in [0.1, 0.15) is 22.9 Å². The van der Waals surface area contributed by atoms with E-state index in [1.165, 1.54) is 19.2 Å². The lowest BCUT2D eigenvalue weighted by atomic mass is 10.1. The number of benzene rings is 3. The molecule has 3 aromatic carbocycles. The molecular weight excluding hydrogens is 556 g/mol. The second-order valence-electron chi connectivity index (χ2n) is 10.1. The Balaban J connectivity index is 1.61. The summed E-state index contributed by atoms with van der Waals surface area (Å²) in [6.45, 7) is 4.67. The summed E-state index contributed by atoms with van der Waals surface area (Å²) in [5.74, 6) is -0.799. The Morgan fingerprint density at radius 3 is 2.37 bits per heavy atom. The first-order valence-corrected chi connectivity index (χ1v) is 14.8. The van der Waals surface area contributed by atoms with Gasteiger partial charge in [-0.15, -0.1) is 0 Å². The summed E-state index contributed by atoms with van der Waals surface area (Å²) in [4.78, 5) is 26.9. The maximum absolute atomic E-state index is 14.4. The number of carbonyl (C=O) groups is 2. The molecule has 3 aromatic rings. The molecule has 0 heterocycles. The molecule has 7 nitrogen and oxygen atoms in total. The minimum atomic E-state index is -0.685. The summed E-state index contributed by atoms with van der Waals surface area (Å²) in [5.41, 5.74) is 1.52. The van der Waals surface area contributed by atoms with Crippen molar-refractivity contribution in [1.29, 1.82) is 0 Å². The second-order valence-corrected chi connectivity index (χ2v) is 10.1. The molecular formula is C34H41F2NO6. The molecule has 1 amide bonds. The van der Waals surface area contributed by atoms with Gasteiger partial charge in [-0.2, -0.15) is 0 Å². The van der Waals surface area contributed by atoms with Crippen molar-refractivity contribution in [2.75, 3.05) is 33.5 Å². The van der Waals surface area contributed by atoms with E-state index in [1.54, 1.807) is 48.2 Å². The maximum atomic E-state index is 14.4. The number of carbonyl (C=O) groups excluding carboxylic acids is 2. The Hall–Kier alpha value is -4.14. The molecule has 3 rings (SSSR count). The Bertz CT molecular complexity index is 1330. The normalized spacial score (nSPS) is 10.7. The number of hydrogen-bond acceptors (Lipinski definition) is 6. The Morgan fingerprint density at radius 1 is 0.837 bits per heavy atom. The van der Waals surface area contributed by atoms with Gasteiger partial charge in [-0.25, -0.2) is 13.6 Å². The monoisotopic (exact) mass is 597 g/mol. The van der Waals surface area contributed by atoms with Crippen molar-refractivity contribution < 1.29 is 37.3 Å². The van der Waals surface area contributed by atoms with Gasteiger partial charge in [0.05, 0.1) is 20.3 Å². The van der Waals surface area contributed by atoms with Crippen LogP contribution in [0.1, 0.15) is 67.4 Å². The van der Waals surface area contributed by atoms with Crippen molar-refractivity contribution in [2.24, 2.45) is 0 Å². The molecule has 0 atom stereocenters. The molecule has 0 radical (unpaired) electrons. The van der Waals surface area contributed by atoms with Gasteiger partial charge in [0.25, 0.3) is 5.91 Å². The smallest absolute Gasteiger partial charge is 0.341 e. The number of para-hydroxylation sites is 1. The lowest BCUT2D eigenvalue weighted by Crippen LogP contribution is -2.35. The zero-order valence-corrected chi connectivity index (χ0v) is 25.2. The van der Waals surface area contributed by atoms with Crippen molar-refractivity contribution >= 4 is 11.9 Å². The third-order valence-electron chi connectivity index (χ3n) is 6.87. The fraction of sp³-hybridized carbons (Fsp3) is 0.412. The molecule has 0 fully saturated rings. The van der Waals surface area contributed by atoms with Crippen molar-refractivity contribution in [3.8, 4) is 17.2 Å². The summed E-state index contributed by atoms with van der Waals surface area (Å²) < 4.78 is 50.1. The van der Waals surface area contributed by atoms with Crippen LogP contribution in [-0.4, -0.2) is 50.3 Å². The largest absolute Gasteiger partial charge is 0.493 e. The molecule has 0 saturated heterocycles. The first kappa shape index (κ1) is 33.4. The Labute approximate surface area is 252 Å². The molecule has 9 heteroatoms. The summed E-state index contributed by atoms with van der Waals surface area (Å²) in [7, 11) is 1.51. The van der Waals surface area contributed by atoms with Crippen LogP contribution in [0.3, 0.4) is 0 Å². The zero-order valence-electron chi connectivity index (χ0n) is 25.2. The topological polar surface area (TPSA) is 74.3 Å². The van der Waals surface area contributed by atoms with Crippen molar-refractivity contribution in [1.82, 2.24) is 4.90 Å². The molecule has 43 heavy (non-hydrogen) atoms. The van der Waals surface area contributed by atoms with Crippen LogP contribution in [-0.2, 0) is 22.5 Å². The maximum Gasteiger partial charge on any atom is 0.341 e. The highest BCUT2D eigenvalue weighted by Gasteiger charge is 2.18. The lowest BCUT2D eigenvalue weighted by molar-refractivity contribution is -0.134. The van der Waals surface area contributed by atoms with Crippen LogP contribution >= 0.6 is 0 Å². The van der Waals surface area contributed by atoms with E-state index in [4.69, 9.17) is 18.9 Å². The molecule has 0 aliphatic carbocycles. The highest BCUT2D eigenvalue weighted by molar-refractivity contribution is 5.92.